The molecule has 1 aromatic heterocycles. The zero-order chi connectivity index (χ0) is 15.4. The quantitative estimate of drug-likeness (QED) is 0.873. The van der Waals surface area contributed by atoms with Gasteiger partial charge in [0.1, 0.15) is 11.6 Å². The van der Waals surface area contributed by atoms with Crippen LogP contribution in [0.2, 0.25) is 0 Å². The molecule has 3 nitrogen and oxygen atoms in total. The van der Waals surface area contributed by atoms with E-state index in [9.17, 15) is 13.2 Å². The standard InChI is InChI=1S/C14H15F3N2OS/c1-8(18-6-13-9(2)19-7-21-13)11-4-3-10(15)5-12(11)20-14(16)17/h3-5,7-8,14,18H,6H2,1-2H3/t8-/m0/s1. The molecule has 0 saturated heterocycles. The van der Waals surface area contributed by atoms with Crippen LogP contribution in [0.1, 0.15) is 29.1 Å². The summed E-state index contributed by atoms with van der Waals surface area (Å²) in [6.45, 7) is 1.29. The third-order valence-electron chi connectivity index (χ3n) is 3.07. The van der Waals surface area contributed by atoms with Crippen molar-refractivity contribution in [1.29, 1.82) is 0 Å². The van der Waals surface area contributed by atoms with Gasteiger partial charge in [0, 0.05) is 29.1 Å². The van der Waals surface area contributed by atoms with Gasteiger partial charge in [-0.2, -0.15) is 8.78 Å². The van der Waals surface area contributed by atoms with Crippen LogP contribution in [0.25, 0.3) is 0 Å². The van der Waals surface area contributed by atoms with Crippen molar-refractivity contribution in [2.45, 2.75) is 33.0 Å². The summed E-state index contributed by atoms with van der Waals surface area (Å²) in [6, 6.07) is 3.38. The Balaban J connectivity index is 2.11. The smallest absolute Gasteiger partial charge is 0.387 e. The van der Waals surface area contributed by atoms with Crippen LogP contribution in [0.3, 0.4) is 0 Å². The van der Waals surface area contributed by atoms with Crippen molar-refractivity contribution in [3.05, 3.63) is 45.7 Å². The third-order valence-corrected chi connectivity index (χ3v) is 4.01. The molecule has 0 aliphatic rings. The molecule has 2 rings (SSSR count). The van der Waals surface area contributed by atoms with E-state index in [1.165, 1.54) is 23.5 Å². The monoisotopic (exact) mass is 316 g/mol. The molecule has 0 radical (unpaired) electrons. The molecular weight excluding hydrogens is 301 g/mol. The van der Waals surface area contributed by atoms with Crippen molar-refractivity contribution in [3.63, 3.8) is 0 Å². The van der Waals surface area contributed by atoms with E-state index in [0.717, 1.165) is 16.6 Å². The van der Waals surface area contributed by atoms with Crippen molar-refractivity contribution in [1.82, 2.24) is 10.3 Å². The number of nitrogens with zero attached hydrogens (tertiary/aromatic N) is 1. The van der Waals surface area contributed by atoms with Crippen LogP contribution >= 0.6 is 11.3 Å². The highest BCUT2D eigenvalue weighted by Gasteiger charge is 2.16. The van der Waals surface area contributed by atoms with Crippen molar-refractivity contribution in [3.8, 4) is 5.75 Å². The molecule has 0 aliphatic carbocycles. The molecule has 21 heavy (non-hydrogen) atoms. The SMILES string of the molecule is Cc1ncsc1CN[C@@H](C)c1ccc(F)cc1OC(F)F. The highest BCUT2D eigenvalue weighted by atomic mass is 32.1. The van der Waals surface area contributed by atoms with Gasteiger partial charge in [-0.15, -0.1) is 11.3 Å². The zero-order valence-corrected chi connectivity index (χ0v) is 12.4. The van der Waals surface area contributed by atoms with Gasteiger partial charge in [-0.3, -0.25) is 0 Å². The molecule has 0 fully saturated rings. The Kier molecular flexibility index (Phi) is 5.19. The van der Waals surface area contributed by atoms with Gasteiger partial charge in [0.15, 0.2) is 0 Å². The first-order valence-electron chi connectivity index (χ1n) is 6.34. The lowest BCUT2D eigenvalue weighted by atomic mass is 10.1. The maximum Gasteiger partial charge on any atom is 0.387 e. The molecule has 0 spiro atoms. The average molecular weight is 316 g/mol. The van der Waals surface area contributed by atoms with Gasteiger partial charge in [-0.25, -0.2) is 9.37 Å². The Morgan fingerprint density at radius 3 is 2.76 bits per heavy atom. The Bertz CT molecular complexity index is 604. The summed E-state index contributed by atoms with van der Waals surface area (Å²) in [5.41, 5.74) is 3.17. The first kappa shape index (κ1) is 15.8. The van der Waals surface area contributed by atoms with Crippen LogP contribution in [0, 0.1) is 12.7 Å². The molecule has 114 valence electrons. The van der Waals surface area contributed by atoms with E-state index in [1.54, 1.807) is 5.51 Å². The molecule has 1 aromatic carbocycles. The molecule has 0 bridgehead atoms. The molecule has 2 aromatic rings. The maximum absolute atomic E-state index is 13.2. The van der Waals surface area contributed by atoms with Crippen LogP contribution in [0.5, 0.6) is 5.75 Å². The number of aromatic nitrogens is 1. The largest absolute Gasteiger partial charge is 0.434 e. The normalized spacial score (nSPS) is 12.7. The Hall–Kier alpha value is -1.60. The second-order valence-electron chi connectivity index (χ2n) is 4.52. The number of halogens is 3. The third kappa shape index (κ3) is 4.18. The summed E-state index contributed by atoms with van der Waals surface area (Å²) in [5, 5.41) is 3.20. The van der Waals surface area contributed by atoms with Crippen LogP contribution in [0.15, 0.2) is 23.7 Å². The van der Waals surface area contributed by atoms with Crippen LogP contribution < -0.4 is 10.1 Å². The summed E-state index contributed by atoms with van der Waals surface area (Å²) < 4.78 is 42.3. The van der Waals surface area contributed by atoms with E-state index in [1.807, 2.05) is 13.8 Å². The minimum atomic E-state index is -2.98. The number of thiazole rings is 1. The predicted molar refractivity (Wildman–Crippen MR) is 75.1 cm³/mol. The van der Waals surface area contributed by atoms with E-state index in [4.69, 9.17) is 0 Å². The van der Waals surface area contributed by atoms with Gasteiger partial charge in [0.25, 0.3) is 0 Å². The molecule has 0 unspecified atom stereocenters. The summed E-state index contributed by atoms with van der Waals surface area (Å²) in [6.07, 6.45) is 0. The van der Waals surface area contributed by atoms with Gasteiger partial charge in [0.05, 0.1) is 11.2 Å². The Labute approximate surface area is 124 Å². The fraction of sp³-hybridized carbons (Fsp3) is 0.357. The zero-order valence-electron chi connectivity index (χ0n) is 11.6. The van der Waals surface area contributed by atoms with E-state index in [0.29, 0.717) is 12.1 Å². The molecule has 1 N–H and O–H groups in total. The van der Waals surface area contributed by atoms with Gasteiger partial charge in [0.2, 0.25) is 0 Å². The van der Waals surface area contributed by atoms with Gasteiger partial charge >= 0.3 is 6.61 Å². The summed E-state index contributed by atoms with van der Waals surface area (Å²) in [7, 11) is 0. The number of aryl methyl sites for hydroxylation is 1. The van der Waals surface area contributed by atoms with E-state index in [-0.39, 0.29) is 11.8 Å². The predicted octanol–water partition coefficient (Wildman–Crippen LogP) is 4.04. The molecular formula is C14H15F3N2OS. The van der Waals surface area contributed by atoms with Gasteiger partial charge in [-0.05, 0) is 19.9 Å². The second-order valence-corrected chi connectivity index (χ2v) is 5.46. The van der Waals surface area contributed by atoms with E-state index < -0.39 is 12.4 Å². The Morgan fingerprint density at radius 2 is 2.14 bits per heavy atom. The molecule has 1 heterocycles. The van der Waals surface area contributed by atoms with Crippen molar-refractivity contribution < 1.29 is 17.9 Å². The van der Waals surface area contributed by atoms with Crippen LogP contribution in [-0.4, -0.2) is 11.6 Å². The highest BCUT2D eigenvalue weighted by Crippen LogP contribution is 2.28. The van der Waals surface area contributed by atoms with Gasteiger partial charge in [-0.1, -0.05) is 6.07 Å². The molecule has 7 heteroatoms. The van der Waals surface area contributed by atoms with Crippen LogP contribution in [0.4, 0.5) is 13.2 Å². The fourth-order valence-corrected chi connectivity index (χ4v) is 2.64. The number of hydrogen-bond donors (Lipinski definition) is 1. The highest BCUT2D eigenvalue weighted by molar-refractivity contribution is 7.09. The van der Waals surface area contributed by atoms with Crippen molar-refractivity contribution >= 4 is 11.3 Å². The number of rotatable bonds is 6. The lowest BCUT2D eigenvalue weighted by Gasteiger charge is -2.18. The van der Waals surface area contributed by atoms with Crippen molar-refractivity contribution in [2.24, 2.45) is 0 Å². The lowest BCUT2D eigenvalue weighted by molar-refractivity contribution is -0.0508. The number of nitrogens with one attached hydrogen (secondary N) is 1. The van der Waals surface area contributed by atoms with E-state index >= 15 is 0 Å². The first-order chi connectivity index (χ1) is 9.97. The minimum Gasteiger partial charge on any atom is -0.434 e. The number of hydrogen-bond acceptors (Lipinski definition) is 4. The second kappa shape index (κ2) is 6.91. The molecule has 1 atom stereocenters. The van der Waals surface area contributed by atoms with Crippen molar-refractivity contribution in [2.75, 3.05) is 0 Å². The Morgan fingerprint density at radius 1 is 1.38 bits per heavy atom. The minimum absolute atomic E-state index is 0.147. The summed E-state index contributed by atoms with van der Waals surface area (Å²) in [4.78, 5) is 5.21. The lowest BCUT2D eigenvalue weighted by Crippen LogP contribution is -2.19. The van der Waals surface area contributed by atoms with Gasteiger partial charge < -0.3 is 10.1 Å². The van der Waals surface area contributed by atoms with Crippen LogP contribution in [-0.2, 0) is 6.54 Å². The maximum atomic E-state index is 13.2. The topological polar surface area (TPSA) is 34.2 Å². The molecule has 0 aliphatic heterocycles. The summed E-state index contributed by atoms with van der Waals surface area (Å²) in [5.74, 6) is -0.758. The summed E-state index contributed by atoms with van der Waals surface area (Å²) >= 11 is 1.52. The molecule has 0 amide bonds. The van der Waals surface area contributed by atoms with E-state index in [2.05, 4.69) is 15.0 Å². The first-order valence-corrected chi connectivity index (χ1v) is 7.22. The fourth-order valence-electron chi connectivity index (χ4n) is 1.92. The number of alkyl halides is 2. The molecule has 0 saturated carbocycles. The number of ether oxygens (including phenoxy) is 1. The number of benzene rings is 1. The average Bonchev–Trinajstić information content (AvgIpc) is 2.81.